The van der Waals surface area contributed by atoms with Crippen LogP contribution in [-0.2, 0) is 11.2 Å². The SMILES string of the molecule is Cc1sc(N)nc1-c1cc(F)cc2c1NC(=O)C2. The summed E-state index contributed by atoms with van der Waals surface area (Å²) in [5.74, 6) is -0.496. The highest BCUT2D eigenvalue weighted by Gasteiger charge is 2.24. The molecule has 0 spiro atoms. The summed E-state index contributed by atoms with van der Waals surface area (Å²) in [7, 11) is 0. The number of carbonyl (C=O) groups is 1. The zero-order valence-electron chi connectivity index (χ0n) is 9.58. The average Bonchev–Trinajstić information content (AvgIpc) is 2.79. The molecule has 1 aromatic carbocycles. The predicted molar refractivity (Wildman–Crippen MR) is 69.0 cm³/mol. The molecule has 0 saturated heterocycles. The number of fused-ring (bicyclic) bond motifs is 1. The van der Waals surface area contributed by atoms with Gasteiger partial charge >= 0.3 is 0 Å². The number of rotatable bonds is 1. The largest absolute Gasteiger partial charge is 0.375 e. The minimum Gasteiger partial charge on any atom is -0.375 e. The molecule has 0 radical (unpaired) electrons. The van der Waals surface area contributed by atoms with Crippen LogP contribution in [0, 0.1) is 12.7 Å². The highest BCUT2D eigenvalue weighted by atomic mass is 32.1. The zero-order valence-corrected chi connectivity index (χ0v) is 10.4. The fourth-order valence-corrected chi connectivity index (χ4v) is 2.86. The van der Waals surface area contributed by atoms with Gasteiger partial charge in [-0.25, -0.2) is 9.37 Å². The molecule has 0 saturated carbocycles. The number of anilines is 2. The first-order valence-corrected chi connectivity index (χ1v) is 6.22. The average molecular weight is 263 g/mol. The summed E-state index contributed by atoms with van der Waals surface area (Å²) in [5.41, 5.74) is 8.20. The zero-order chi connectivity index (χ0) is 12.9. The number of hydrogen-bond donors (Lipinski definition) is 2. The minimum absolute atomic E-state index is 0.127. The van der Waals surface area contributed by atoms with Gasteiger partial charge in [-0.15, -0.1) is 11.3 Å². The van der Waals surface area contributed by atoms with E-state index in [9.17, 15) is 9.18 Å². The molecule has 0 fully saturated rings. The number of amides is 1. The summed E-state index contributed by atoms with van der Waals surface area (Å²) in [6, 6.07) is 2.76. The van der Waals surface area contributed by atoms with Crippen LogP contribution in [0.3, 0.4) is 0 Å². The fourth-order valence-electron chi connectivity index (χ4n) is 2.16. The fraction of sp³-hybridized carbons (Fsp3) is 0.167. The van der Waals surface area contributed by atoms with Crippen molar-refractivity contribution in [1.82, 2.24) is 4.98 Å². The molecule has 92 valence electrons. The van der Waals surface area contributed by atoms with Gasteiger partial charge in [-0.2, -0.15) is 0 Å². The molecule has 2 heterocycles. The number of nitrogen functional groups attached to an aromatic ring is 1. The first kappa shape index (κ1) is 11.2. The predicted octanol–water partition coefficient (Wildman–Crippen LogP) is 2.33. The molecular weight excluding hydrogens is 253 g/mol. The van der Waals surface area contributed by atoms with E-state index in [2.05, 4.69) is 10.3 Å². The van der Waals surface area contributed by atoms with Crippen molar-refractivity contribution in [1.29, 1.82) is 0 Å². The third-order valence-electron chi connectivity index (χ3n) is 2.87. The van der Waals surface area contributed by atoms with E-state index in [1.807, 2.05) is 6.92 Å². The summed E-state index contributed by atoms with van der Waals surface area (Å²) in [5, 5.41) is 3.18. The second-order valence-electron chi connectivity index (χ2n) is 4.17. The first-order valence-electron chi connectivity index (χ1n) is 5.40. The second kappa shape index (κ2) is 3.78. The lowest BCUT2D eigenvalue weighted by Gasteiger charge is -2.07. The molecule has 0 atom stereocenters. The molecule has 0 unspecified atom stereocenters. The third-order valence-corrected chi connectivity index (χ3v) is 3.67. The summed E-state index contributed by atoms with van der Waals surface area (Å²) in [6.07, 6.45) is 0.207. The van der Waals surface area contributed by atoms with Gasteiger partial charge in [0.1, 0.15) is 5.82 Å². The van der Waals surface area contributed by atoms with Crippen LogP contribution in [0.15, 0.2) is 12.1 Å². The van der Waals surface area contributed by atoms with E-state index in [1.165, 1.54) is 23.5 Å². The maximum absolute atomic E-state index is 13.6. The van der Waals surface area contributed by atoms with Crippen LogP contribution in [0.5, 0.6) is 0 Å². The highest BCUT2D eigenvalue weighted by Crippen LogP contribution is 2.38. The number of hydrogen-bond acceptors (Lipinski definition) is 4. The molecule has 1 aliphatic heterocycles. The molecule has 0 aliphatic carbocycles. The van der Waals surface area contributed by atoms with E-state index in [4.69, 9.17) is 5.73 Å². The summed E-state index contributed by atoms with van der Waals surface area (Å²) >= 11 is 1.35. The van der Waals surface area contributed by atoms with E-state index in [1.54, 1.807) is 0 Å². The lowest BCUT2D eigenvalue weighted by molar-refractivity contribution is -0.115. The van der Waals surface area contributed by atoms with Gasteiger partial charge in [0.25, 0.3) is 0 Å². The van der Waals surface area contributed by atoms with Crippen molar-refractivity contribution >= 4 is 28.1 Å². The monoisotopic (exact) mass is 263 g/mol. The Hall–Kier alpha value is -1.95. The van der Waals surface area contributed by atoms with Crippen molar-refractivity contribution in [2.75, 3.05) is 11.1 Å². The van der Waals surface area contributed by atoms with Crippen molar-refractivity contribution in [3.05, 3.63) is 28.4 Å². The molecule has 18 heavy (non-hydrogen) atoms. The number of aromatic nitrogens is 1. The summed E-state index contributed by atoms with van der Waals surface area (Å²) in [6.45, 7) is 1.87. The van der Waals surface area contributed by atoms with Crippen molar-refractivity contribution in [2.24, 2.45) is 0 Å². The standard InChI is InChI=1S/C12H10FN3OS/c1-5-10(16-12(14)18-5)8-4-7(13)2-6-3-9(17)15-11(6)8/h2,4H,3H2,1H3,(H2,14,16)(H,15,17). The van der Waals surface area contributed by atoms with Gasteiger partial charge in [0, 0.05) is 10.4 Å². The molecule has 3 rings (SSSR count). The van der Waals surface area contributed by atoms with E-state index < -0.39 is 0 Å². The van der Waals surface area contributed by atoms with Crippen molar-refractivity contribution in [3.63, 3.8) is 0 Å². The number of nitrogens with two attached hydrogens (primary N) is 1. The Bertz CT molecular complexity index is 666. The first-order chi connectivity index (χ1) is 8.54. The van der Waals surface area contributed by atoms with Gasteiger partial charge in [-0.05, 0) is 24.6 Å². The Balaban J connectivity index is 2.24. The van der Waals surface area contributed by atoms with Crippen molar-refractivity contribution < 1.29 is 9.18 Å². The molecule has 1 aromatic heterocycles. The molecule has 4 nitrogen and oxygen atoms in total. The van der Waals surface area contributed by atoms with Gasteiger partial charge in [0.15, 0.2) is 5.13 Å². The number of aryl methyl sites for hydroxylation is 1. The molecule has 6 heteroatoms. The van der Waals surface area contributed by atoms with Crippen LogP contribution in [0.1, 0.15) is 10.4 Å². The normalized spacial score (nSPS) is 13.6. The van der Waals surface area contributed by atoms with Crippen LogP contribution < -0.4 is 11.1 Å². The maximum atomic E-state index is 13.6. The van der Waals surface area contributed by atoms with Crippen LogP contribution in [0.4, 0.5) is 15.2 Å². The number of nitrogens with zero attached hydrogens (tertiary/aromatic N) is 1. The van der Waals surface area contributed by atoms with Gasteiger partial charge in [-0.1, -0.05) is 0 Å². The van der Waals surface area contributed by atoms with E-state index in [0.29, 0.717) is 27.6 Å². The van der Waals surface area contributed by atoms with Crippen LogP contribution in [-0.4, -0.2) is 10.9 Å². The quantitative estimate of drug-likeness (QED) is 0.829. The molecule has 1 amide bonds. The van der Waals surface area contributed by atoms with Crippen LogP contribution >= 0.6 is 11.3 Å². The smallest absolute Gasteiger partial charge is 0.228 e. The molecule has 1 aliphatic rings. The van der Waals surface area contributed by atoms with Crippen LogP contribution in [0.2, 0.25) is 0 Å². The third kappa shape index (κ3) is 1.65. The second-order valence-corrected chi connectivity index (χ2v) is 5.40. The Morgan fingerprint density at radius 1 is 1.50 bits per heavy atom. The van der Waals surface area contributed by atoms with E-state index in [-0.39, 0.29) is 18.1 Å². The Labute approximate surface area is 107 Å². The lowest BCUT2D eigenvalue weighted by Crippen LogP contribution is -2.04. The number of carbonyl (C=O) groups excluding carboxylic acids is 1. The van der Waals surface area contributed by atoms with Gasteiger partial charge in [0.2, 0.25) is 5.91 Å². The number of halogens is 1. The van der Waals surface area contributed by atoms with Crippen molar-refractivity contribution in [2.45, 2.75) is 13.3 Å². The summed E-state index contributed by atoms with van der Waals surface area (Å²) in [4.78, 5) is 16.5. The van der Waals surface area contributed by atoms with E-state index >= 15 is 0 Å². The maximum Gasteiger partial charge on any atom is 0.228 e. The topological polar surface area (TPSA) is 68.0 Å². The summed E-state index contributed by atoms with van der Waals surface area (Å²) < 4.78 is 13.6. The Kier molecular flexibility index (Phi) is 2.34. The Morgan fingerprint density at radius 3 is 2.94 bits per heavy atom. The van der Waals surface area contributed by atoms with E-state index in [0.717, 1.165) is 4.88 Å². The minimum atomic E-state index is -0.369. The number of nitrogens with one attached hydrogen (secondary N) is 1. The number of benzene rings is 1. The number of thiazole rings is 1. The van der Waals surface area contributed by atoms with Gasteiger partial charge in [0.05, 0.1) is 17.8 Å². The highest BCUT2D eigenvalue weighted by molar-refractivity contribution is 7.15. The molecular formula is C12H10FN3OS. The van der Waals surface area contributed by atoms with Crippen molar-refractivity contribution in [3.8, 4) is 11.3 Å². The molecule has 3 N–H and O–H groups in total. The molecule has 2 aromatic rings. The molecule has 0 bridgehead atoms. The van der Waals surface area contributed by atoms with Gasteiger partial charge in [-0.3, -0.25) is 4.79 Å². The van der Waals surface area contributed by atoms with Gasteiger partial charge < -0.3 is 11.1 Å². The lowest BCUT2D eigenvalue weighted by atomic mass is 10.0. The van der Waals surface area contributed by atoms with Crippen LogP contribution in [0.25, 0.3) is 11.3 Å². The Morgan fingerprint density at radius 2 is 2.28 bits per heavy atom.